The fourth-order valence-corrected chi connectivity index (χ4v) is 1.13. The van der Waals surface area contributed by atoms with Gasteiger partial charge in [-0.25, -0.2) is 4.39 Å². The van der Waals surface area contributed by atoms with E-state index in [1.54, 1.807) is 0 Å². The van der Waals surface area contributed by atoms with Gasteiger partial charge in [-0.2, -0.15) is 0 Å². The van der Waals surface area contributed by atoms with Crippen molar-refractivity contribution in [2.45, 2.75) is 6.54 Å². The first-order valence-electron chi connectivity index (χ1n) is 4.82. The smallest absolute Gasteiger partial charge is 0.113 e. The Morgan fingerprint density at radius 2 is 1.93 bits per heavy atom. The van der Waals surface area contributed by atoms with Gasteiger partial charge in [0.15, 0.2) is 0 Å². The van der Waals surface area contributed by atoms with Gasteiger partial charge in [0.05, 0.1) is 13.2 Å². The number of alkyl halides is 1. The topological polar surface area (TPSA) is 21.3 Å². The summed E-state index contributed by atoms with van der Waals surface area (Å²) in [6.07, 6.45) is 0. The lowest BCUT2D eigenvalue weighted by Crippen LogP contribution is -2.19. The second-order valence-corrected chi connectivity index (χ2v) is 2.96. The number of halogens is 1. The van der Waals surface area contributed by atoms with Crippen molar-refractivity contribution in [2.75, 3.05) is 26.4 Å². The maximum atomic E-state index is 11.6. The Hall–Kier alpha value is -0.930. The molecule has 0 atom stereocenters. The Labute approximate surface area is 84.1 Å². The summed E-state index contributed by atoms with van der Waals surface area (Å²) in [6, 6.07) is 10.1. The molecule has 0 unspecified atom stereocenters. The molecule has 0 heterocycles. The lowest BCUT2D eigenvalue weighted by Gasteiger charge is -2.04. The largest absolute Gasteiger partial charge is 0.377 e. The molecule has 3 heteroatoms. The van der Waals surface area contributed by atoms with E-state index < -0.39 is 6.67 Å². The molecule has 0 aliphatic rings. The molecule has 1 aromatic carbocycles. The molecule has 0 radical (unpaired) electrons. The summed E-state index contributed by atoms with van der Waals surface area (Å²) in [5.74, 6) is 0. The van der Waals surface area contributed by atoms with Crippen molar-refractivity contribution in [3.05, 3.63) is 35.9 Å². The maximum Gasteiger partial charge on any atom is 0.113 e. The minimum Gasteiger partial charge on any atom is -0.377 e. The zero-order valence-electron chi connectivity index (χ0n) is 8.21. The number of hydrogen-bond donors (Lipinski definition) is 1. The molecular weight excluding hydrogens is 181 g/mol. The fraction of sp³-hybridized carbons (Fsp3) is 0.455. The number of hydrogen-bond acceptors (Lipinski definition) is 2. The quantitative estimate of drug-likeness (QED) is 0.672. The molecule has 0 fully saturated rings. The lowest BCUT2D eigenvalue weighted by molar-refractivity contribution is 0.120. The molecule has 0 aromatic heterocycles. The predicted octanol–water partition coefficient (Wildman–Crippen LogP) is 1.76. The standard InChI is InChI=1S/C11H16FNO/c12-6-8-14-9-7-13-10-11-4-2-1-3-5-11/h1-5,13H,6-10H2. The highest BCUT2D eigenvalue weighted by atomic mass is 19.1. The minimum absolute atomic E-state index is 0.201. The zero-order chi connectivity index (χ0) is 10.1. The van der Waals surface area contributed by atoms with Crippen molar-refractivity contribution < 1.29 is 9.13 Å². The van der Waals surface area contributed by atoms with Crippen molar-refractivity contribution in [1.29, 1.82) is 0 Å². The maximum absolute atomic E-state index is 11.6. The molecule has 14 heavy (non-hydrogen) atoms. The van der Waals surface area contributed by atoms with Gasteiger partial charge in [0, 0.05) is 13.1 Å². The van der Waals surface area contributed by atoms with E-state index >= 15 is 0 Å². The normalized spacial score (nSPS) is 10.4. The van der Waals surface area contributed by atoms with Gasteiger partial charge in [0.25, 0.3) is 0 Å². The van der Waals surface area contributed by atoms with Crippen LogP contribution in [0.5, 0.6) is 0 Å². The molecule has 2 nitrogen and oxygen atoms in total. The first-order valence-corrected chi connectivity index (χ1v) is 4.82. The van der Waals surface area contributed by atoms with Crippen molar-refractivity contribution in [3.63, 3.8) is 0 Å². The molecule has 0 aliphatic carbocycles. The van der Waals surface area contributed by atoms with E-state index in [2.05, 4.69) is 17.4 Å². The van der Waals surface area contributed by atoms with Gasteiger partial charge in [-0.05, 0) is 5.56 Å². The van der Waals surface area contributed by atoms with Crippen molar-refractivity contribution in [3.8, 4) is 0 Å². The van der Waals surface area contributed by atoms with Crippen LogP contribution in [0, 0.1) is 0 Å². The van der Waals surface area contributed by atoms with Crippen LogP contribution in [0.1, 0.15) is 5.56 Å². The van der Waals surface area contributed by atoms with E-state index in [9.17, 15) is 4.39 Å². The van der Waals surface area contributed by atoms with Crippen LogP contribution in [0.15, 0.2) is 30.3 Å². The zero-order valence-corrected chi connectivity index (χ0v) is 8.21. The average Bonchev–Trinajstić information content (AvgIpc) is 2.25. The van der Waals surface area contributed by atoms with Crippen LogP contribution in [0.25, 0.3) is 0 Å². The first kappa shape index (κ1) is 11.1. The molecule has 1 aromatic rings. The third-order valence-corrected chi connectivity index (χ3v) is 1.82. The Kier molecular flexibility index (Phi) is 5.95. The molecule has 0 saturated heterocycles. The van der Waals surface area contributed by atoms with Gasteiger partial charge in [0.2, 0.25) is 0 Å². The molecular formula is C11H16FNO. The number of rotatable bonds is 7. The summed E-state index contributed by atoms with van der Waals surface area (Å²) in [7, 11) is 0. The molecule has 0 spiro atoms. The summed E-state index contributed by atoms with van der Waals surface area (Å²) in [5, 5.41) is 3.21. The molecule has 0 bridgehead atoms. The fourth-order valence-electron chi connectivity index (χ4n) is 1.13. The van der Waals surface area contributed by atoms with Gasteiger partial charge in [-0.1, -0.05) is 30.3 Å². The third-order valence-electron chi connectivity index (χ3n) is 1.82. The van der Waals surface area contributed by atoms with Gasteiger partial charge in [-0.3, -0.25) is 0 Å². The molecule has 0 amide bonds. The van der Waals surface area contributed by atoms with Gasteiger partial charge >= 0.3 is 0 Å². The Morgan fingerprint density at radius 1 is 1.14 bits per heavy atom. The second kappa shape index (κ2) is 7.47. The first-order chi connectivity index (χ1) is 6.93. The summed E-state index contributed by atoms with van der Waals surface area (Å²) in [6.45, 7) is 1.96. The Bertz CT molecular complexity index is 228. The van der Waals surface area contributed by atoms with Crippen LogP contribution in [0.3, 0.4) is 0 Å². The van der Waals surface area contributed by atoms with E-state index in [4.69, 9.17) is 4.74 Å². The Balaban J connectivity index is 1.99. The van der Waals surface area contributed by atoms with Crippen molar-refractivity contribution >= 4 is 0 Å². The van der Waals surface area contributed by atoms with Gasteiger partial charge in [-0.15, -0.1) is 0 Å². The van der Waals surface area contributed by atoms with Crippen LogP contribution in [0.2, 0.25) is 0 Å². The van der Waals surface area contributed by atoms with Gasteiger partial charge < -0.3 is 10.1 Å². The van der Waals surface area contributed by atoms with E-state index in [0.717, 1.165) is 13.1 Å². The van der Waals surface area contributed by atoms with E-state index in [1.807, 2.05) is 18.2 Å². The van der Waals surface area contributed by atoms with Crippen LogP contribution < -0.4 is 5.32 Å². The van der Waals surface area contributed by atoms with Crippen LogP contribution >= 0.6 is 0 Å². The monoisotopic (exact) mass is 197 g/mol. The summed E-state index contributed by atoms with van der Waals surface area (Å²) in [4.78, 5) is 0. The third kappa shape index (κ3) is 4.94. The predicted molar refractivity (Wildman–Crippen MR) is 54.9 cm³/mol. The molecule has 78 valence electrons. The highest BCUT2D eigenvalue weighted by molar-refractivity contribution is 5.14. The molecule has 0 saturated carbocycles. The van der Waals surface area contributed by atoms with Gasteiger partial charge in [0.1, 0.15) is 6.67 Å². The average molecular weight is 197 g/mol. The van der Waals surface area contributed by atoms with Crippen molar-refractivity contribution in [2.24, 2.45) is 0 Å². The summed E-state index contributed by atoms with van der Waals surface area (Å²) < 4.78 is 16.6. The van der Waals surface area contributed by atoms with Crippen LogP contribution in [-0.2, 0) is 11.3 Å². The highest BCUT2D eigenvalue weighted by Crippen LogP contribution is 1.96. The van der Waals surface area contributed by atoms with Crippen LogP contribution in [0.4, 0.5) is 4.39 Å². The van der Waals surface area contributed by atoms with Crippen molar-refractivity contribution in [1.82, 2.24) is 5.32 Å². The minimum atomic E-state index is -0.404. The summed E-state index contributed by atoms with van der Waals surface area (Å²) in [5.41, 5.74) is 1.25. The Morgan fingerprint density at radius 3 is 2.64 bits per heavy atom. The molecule has 0 aliphatic heterocycles. The van der Waals surface area contributed by atoms with Crippen LogP contribution in [-0.4, -0.2) is 26.4 Å². The van der Waals surface area contributed by atoms with E-state index in [1.165, 1.54) is 5.56 Å². The lowest BCUT2D eigenvalue weighted by atomic mass is 10.2. The number of ether oxygens (including phenoxy) is 1. The number of benzene rings is 1. The SMILES string of the molecule is FCCOCCNCc1ccccc1. The van der Waals surface area contributed by atoms with E-state index in [-0.39, 0.29) is 6.61 Å². The molecule has 1 N–H and O–H groups in total. The second-order valence-electron chi connectivity index (χ2n) is 2.96. The summed E-state index contributed by atoms with van der Waals surface area (Å²) >= 11 is 0. The highest BCUT2D eigenvalue weighted by Gasteiger charge is 1.90. The van der Waals surface area contributed by atoms with E-state index in [0.29, 0.717) is 6.61 Å². The molecule has 1 rings (SSSR count). The number of nitrogens with one attached hydrogen (secondary N) is 1.